The van der Waals surface area contributed by atoms with E-state index in [-0.39, 0.29) is 30.6 Å². The molecule has 3 rings (SSSR count). The van der Waals surface area contributed by atoms with Crippen LogP contribution in [-0.2, 0) is 0 Å². The Morgan fingerprint density at radius 1 is 1.24 bits per heavy atom. The minimum atomic E-state index is -0.122. The van der Waals surface area contributed by atoms with Crippen LogP contribution in [0, 0.1) is 5.92 Å². The third-order valence-electron chi connectivity index (χ3n) is 4.13. The summed E-state index contributed by atoms with van der Waals surface area (Å²) in [7, 11) is 0. The van der Waals surface area contributed by atoms with Crippen molar-refractivity contribution in [3.63, 3.8) is 0 Å². The number of urea groups is 1. The Morgan fingerprint density at radius 3 is 2.76 bits per heavy atom. The number of rotatable bonds is 4. The van der Waals surface area contributed by atoms with E-state index in [0.717, 1.165) is 17.3 Å². The average Bonchev–Trinajstić information content (AvgIpc) is 3.06. The molecule has 0 saturated heterocycles. The number of aliphatic hydroxyl groups is 1. The zero-order valence-corrected chi connectivity index (χ0v) is 13.2. The van der Waals surface area contributed by atoms with Crippen molar-refractivity contribution in [2.24, 2.45) is 5.92 Å². The quantitative estimate of drug-likeness (QED) is 0.730. The van der Waals surface area contributed by atoms with Crippen LogP contribution in [0.4, 0.5) is 4.79 Å². The molecule has 4 atom stereocenters. The molecule has 112 valence electrons. The second-order valence-corrected chi connectivity index (χ2v) is 6.61. The molecular weight excluding hydrogens is 332 g/mol. The maximum atomic E-state index is 12.0. The van der Waals surface area contributed by atoms with Gasteiger partial charge < -0.3 is 15.7 Å². The highest BCUT2D eigenvalue weighted by Gasteiger charge is 2.40. The van der Waals surface area contributed by atoms with Gasteiger partial charge in [0.05, 0.1) is 0 Å². The van der Waals surface area contributed by atoms with E-state index in [1.807, 2.05) is 30.4 Å². The van der Waals surface area contributed by atoms with Crippen molar-refractivity contribution >= 4 is 22.0 Å². The third kappa shape index (κ3) is 3.47. The van der Waals surface area contributed by atoms with Crippen LogP contribution in [-0.4, -0.2) is 29.8 Å². The lowest BCUT2D eigenvalue weighted by molar-refractivity contribution is 0.231. The Hall–Kier alpha value is -1.33. The number of hydrogen-bond acceptors (Lipinski definition) is 2. The largest absolute Gasteiger partial charge is 0.396 e. The van der Waals surface area contributed by atoms with E-state index in [0.29, 0.717) is 5.92 Å². The summed E-state index contributed by atoms with van der Waals surface area (Å²) in [6, 6.07) is 8.26. The average molecular weight is 351 g/mol. The van der Waals surface area contributed by atoms with Crippen LogP contribution in [0.5, 0.6) is 0 Å². The van der Waals surface area contributed by atoms with Crippen molar-refractivity contribution in [3.8, 4) is 0 Å². The highest BCUT2D eigenvalue weighted by Crippen LogP contribution is 2.43. The van der Waals surface area contributed by atoms with Gasteiger partial charge in [-0.1, -0.05) is 46.3 Å². The predicted molar refractivity (Wildman–Crippen MR) is 85.1 cm³/mol. The Bertz CT molecular complexity index is 561. The number of aliphatic hydroxyl groups excluding tert-OH is 1. The molecule has 2 amide bonds. The minimum absolute atomic E-state index is 0.0304. The molecule has 2 aliphatic carbocycles. The molecule has 0 unspecified atom stereocenters. The molecule has 0 bridgehead atoms. The zero-order valence-electron chi connectivity index (χ0n) is 11.6. The zero-order chi connectivity index (χ0) is 14.8. The maximum absolute atomic E-state index is 12.0. The molecule has 1 saturated carbocycles. The van der Waals surface area contributed by atoms with Crippen LogP contribution in [0.1, 0.15) is 24.3 Å². The van der Waals surface area contributed by atoms with Gasteiger partial charge in [0.15, 0.2) is 0 Å². The lowest BCUT2D eigenvalue weighted by Crippen LogP contribution is -2.42. The van der Waals surface area contributed by atoms with Gasteiger partial charge in [0.2, 0.25) is 0 Å². The highest BCUT2D eigenvalue weighted by molar-refractivity contribution is 9.10. The van der Waals surface area contributed by atoms with Gasteiger partial charge in [0.1, 0.15) is 0 Å². The fraction of sp³-hybridized carbons (Fsp3) is 0.438. The first-order valence-electron chi connectivity index (χ1n) is 7.28. The minimum Gasteiger partial charge on any atom is -0.396 e. The Balaban J connectivity index is 1.47. The lowest BCUT2D eigenvalue weighted by atomic mass is 10.1. The summed E-state index contributed by atoms with van der Waals surface area (Å²) in [5.41, 5.74) is 1.25. The van der Waals surface area contributed by atoms with Crippen molar-refractivity contribution in [3.05, 3.63) is 46.5 Å². The molecule has 1 fully saturated rings. The van der Waals surface area contributed by atoms with E-state index in [1.165, 1.54) is 5.56 Å². The summed E-state index contributed by atoms with van der Waals surface area (Å²) in [6.45, 7) is 0.142. The fourth-order valence-corrected chi connectivity index (χ4v) is 3.45. The normalized spacial score (nSPS) is 30.2. The molecule has 1 aromatic rings. The second-order valence-electron chi connectivity index (χ2n) is 5.76. The van der Waals surface area contributed by atoms with Crippen molar-refractivity contribution in [1.29, 1.82) is 0 Å². The summed E-state index contributed by atoms with van der Waals surface area (Å²) in [5.74, 6) is 0.569. The number of carbonyl (C=O) groups excluding carboxylic acids is 1. The fourth-order valence-electron chi connectivity index (χ4n) is 2.87. The summed E-state index contributed by atoms with van der Waals surface area (Å²) in [6.07, 6.45) is 5.68. The van der Waals surface area contributed by atoms with Gasteiger partial charge in [-0.15, -0.1) is 0 Å². The molecule has 4 nitrogen and oxygen atoms in total. The Labute approximate surface area is 132 Å². The number of amides is 2. The molecule has 5 heteroatoms. The SMILES string of the molecule is O=C(N[C@@H]1C=C[C@H](CO)C1)N[C@@H]1C[C@H]1c1ccccc1Br. The summed E-state index contributed by atoms with van der Waals surface area (Å²) in [5, 5.41) is 15.0. The van der Waals surface area contributed by atoms with Crippen LogP contribution in [0.3, 0.4) is 0 Å². The highest BCUT2D eigenvalue weighted by atomic mass is 79.9. The molecule has 2 aliphatic rings. The number of benzene rings is 1. The molecule has 1 aromatic carbocycles. The smallest absolute Gasteiger partial charge is 0.315 e. The summed E-state index contributed by atoms with van der Waals surface area (Å²) >= 11 is 3.55. The summed E-state index contributed by atoms with van der Waals surface area (Å²) < 4.78 is 1.10. The van der Waals surface area contributed by atoms with Crippen LogP contribution in [0.2, 0.25) is 0 Å². The third-order valence-corrected chi connectivity index (χ3v) is 4.86. The number of hydrogen-bond donors (Lipinski definition) is 3. The molecule has 0 aromatic heterocycles. The first-order chi connectivity index (χ1) is 10.2. The first-order valence-corrected chi connectivity index (χ1v) is 8.07. The van der Waals surface area contributed by atoms with Crippen molar-refractivity contribution in [2.75, 3.05) is 6.61 Å². The Morgan fingerprint density at radius 2 is 2.05 bits per heavy atom. The van der Waals surface area contributed by atoms with E-state index in [4.69, 9.17) is 5.11 Å². The second kappa shape index (κ2) is 6.20. The van der Waals surface area contributed by atoms with Gasteiger partial charge in [0.25, 0.3) is 0 Å². The molecule has 3 N–H and O–H groups in total. The van der Waals surface area contributed by atoms with E-state index in [1.54, 1.807) is 0 Å². The van der Waals surface area contributed by atoms with Crippen LogP contribution >= 0.6 is 15.9 Å². The van der Waals surface area contributed by atoms with E-state index >= 15 is 0 Å². The lowest BCUT2D eigenvalue weighted by Gasteiger charge is -2.13. The topological polar surface area (TPSA) is 61.4 Å². The molecule has 0 heterocycles. The molecule has 0 aliphatic heterocycles. The maximum Gasteiger partial charge on any atom is 0.315 e. The van der Waals surface area contributed by atoms with Gasteiger partial charge in [-0.25, -0.2) is 4.79 Å². The summed E-state index contributed by atoms with van der Waals surface area (Å²) in [4.78, 5) is 12.0. The van der Waals surface area contributed by atoms with Crippen LogP contribution in [0.25, 0.3) is 0 Å². The first kappa shape index (κ1) is 14.6. The number of nitrogens with one attached hydrogen (secondary N) is 2. The molecular formula is C16H19BrN2O2. The van der Waals surface area contributed by atoms with Gasteiger partial charge >= 0.3 is 6.03 Å². The van der Waals surface area contributed by atoms with Crippen LogP contribution in [0.15, 0.2) is 40.9 Å². The standard InChI is InChI=1S/C16H19BrN2O2/c17-14-4-2-1-3-12(14)13-8-15(13)19-16(21)18-11-6-5-10(7-11)9-20/h1-6,10-11,13,15,20H,7-9H2,(H2,18,19,21)/t10-,11+,13-,15+/m0/s1. The predicted octanol–water partition coefficient (Wildman–Crippen LogP) is 2.54. The molecule has 0 radical (unpaired) electrons. The van der Waals surface area contributed by atoms with Gasteiger partial charge in [-0.3, -0.25) is 0 Å². The van der Waals surface area contributed by atoms with Crippen molar-refractivity contribution in [2.45, 2.75) is 30.8 Å². The monoisotopic (exact) mass is 350 g/mol. The van der Waals surface area contributed by atoms with Gasteiger partial charge in [-0.05, 0) is 24.5 Å². The van der Waals surface area contributed by atoms with Gasteiger partial charge in [0, 0.05) is 35.0 Å². The van der Waals surface area contributed by atoms with E-state index < -0.39 is 0 Å². The molecule has 21 heavy (non-hydrogen) atoms. The van der Waals surface area contributed by atoms with Crippen molar-refractivity contribution in [1.82, 2.24) is 10.6 Å². The number of carbonyl (C=O) groups is 1. The number of halogens is 1. The van der Waals surface area contributed by atoms with E-state index in [2.05, 4.69) is 32.6 Å². The molecule has 0 spiro atoms. The van der Waals surface area contributed by atoms with Crippen LogP contribution < -0.4 is 10.6 Å². The Kier molecular flexibility index (Phi) is 4.31. The van der Waals surface area contributed by atoms with E-state index in [9.17, 15) is 4.79 Å². The van der Waals surface area contributed by atoms with Gasteiger partial charge in [-0.2, -0.15) is 0 Å². The van der Waals surface area contributed by atoms with Crippen molar-refractivity contribution < 1.29 is 9.90 Å².